The fourth-order valence-corrected chi connectivity index (χ4v) is 3.42. The summed E-state index contributed by atoms with van der Waals surface area (Å²) in [6, 6.07) is 1.96. The van der Waals surface area contributed by atoms with Crippen LogP contribution in [0, 0.1) is 6.92 Å². The number of nitrogens with one attached hydrogen (secondary N) is 2. The van der Waals surface area contributed by atoms with Crippen molar-refractivity contribution in [2.75, 3.05) is 30.7 Å². The predicted octanol–water partition coefficient (Wildman–Crippen LogP) is 1.56. The summed E-state index contributed by atoms with van der Waals surface area (Å²) in [6.07, 6.45) is -3.38. The van der Waals surface area contributed by atoms with E-state index < -0.39 is 17.6 Å². The molecule has 0 aliphatic heterocycles. The summed E-state index contributed by atoms with van der Waals surface area (Å²) >= 11 is 1.24. The maximum Gasteiger partial charge on any atom is 0.416 e. The highest BCUT2D eigenvalue weighted by Gasteiger charge is 2.32. The van der Waals surface area contributed by atoms with Crippen LogP contribution in [0.4, 0.5) is 18.9 Å². The number of nitrogens with zero attached hydrogens (tertiary/aromatic N) is 1. The van der Waals surface area contributed by atoms with Crippen LogP contribution in [0.25, 0.3) is 0 Å². The zero-order valence-electron chi connectivity index (χ0n) is 16.6. The number of hydrogen-bond acceptors (Lipinski definition) is 5. The van der Waals surface area contributed by atoms with Gasteiger partial charge in [0.25, 0.3) is 0 Å². The van der Waals surface area contributed by atoms with E-state index in [9.17, 15) is 22.8 Å². The first-order valence-corrected chi connectivity index (χ1v) is 10.2. The lowest BCUT2D eigenvalue weighted by Gasteiger charge is -2.17. The molecule has 0 fully saturated rings. The Labute approximate surface area is 177 Å². The van der Waals surface area contributed by atoms with Crippen LogP contribution in [0.5, 0.6) is 0 Å². The number of carbonyl (C=O) groups is 2. The smallest absolute Gasteiger partial charge is 0.370 e. The first kappa shape index (κ1) is 25.6. The number of benzene rings is 1. The zero-order chi connectivity index (χ0) is 22.7. The number of halogens is 3. The average Bonchev–Trinajstić information content (AvgIpc) is 2.64. The van der Waals surface area contributed by atoms with Crippen LogP contribution in [-0.4, -0.2) is 43.2 Å². The molecule has 2 amide bonds. The van der Waals surface area contributed by atoms with E-state index in [1.165, 1.54) is 11.8 Å². The molecule has 1 aromatic rings. The van der Waals surface area contributed by atoms with Crippen LogP contribution >= 0.6 is 11.8 Å². The van der Waals surface area contributed by atoms with Crippen molar-refractivity contribution >= 4 is 35.2 Å². The summed E-state index contributed by atoms with van der Waals surface area (Å²) < 4.78 is 39.6. The monoisotopic (exact) mass is 448 g/mol. The number of aryl methyl sites for hydroxylation is 1. The molecule has 0 saturated heterocycles. The molecule has 0 atom stereocenters. The van der Waals surface area contributed by atoms with E-state index >= 15 is 0 Å². The van der Waals surface area contributed by atoms with Gasteiger partial charge < -0.3 is 27.8 Å². The highest BCUT2D eigenvalue weighted by atomic mass is 32.2. The average molecular weight is 449 g/mol. The van der Waals surface area contributed by atoms with Gasteiger partial charge in [0.15, 0.2) is 5.96 Å². The van der Waals surface area contributed by atoms with Gasteiger partial charge in [-0.25, -0.2) is 0 Å². The van der Waals surface area contributed by atoms with Gasteiger partial charge in [0, 0.05) is 30.2 Å². The van der Waals surface area contributed by atoms with Crippen molar-refractivity contribution in [1.29, 1.82) is 0 Å². The number of nitrogens with two attached hydrogens (primary N) is 3. The number of carbonyl (C=O) groups excluding carboxylic acids is 2. The SMILES string of the molecule is Cc1cc(C(F)(F)F)cc(NC(=O)CCCCN=C(N)N)c1SCCNC(=O)CN. The molecule has 30 heavy (non-hydrogen) atoms. The van der Waals surface area contributed by atoms with E-state index in [1.54, 1.807) is 6.92 Å². The van der Waals surface area contributed by atoms with Gasteiger partial charge in [0.2, 0.25) is 11.8 Å². The maximum atomic E-state index is 13.2. The normalized spacial score (nSPS) is 11.1. The van der Waals surface area contributed by atoms with Crippen molar-refractivity contribution < 1.29 is 22.8 Å². The fourth-order valence-electron chi connectivity index (χ4n) is 2.46. The van der Waals surface area contributed by atoms with E-state index in [1.807, 2.05) is 0 Å². The highest BCUT2D eigenvalue weighted by molar-refractivity contribution is 7.99. The number of hydrogen-bond donors (Lipinski definition) is 5. The summed E-state index contributed by atoms with van der Waals surface area (Å²) in [5.41, 5.74) is 15.3. The van der Waals surface area contributed by atoms with Gasteiger partial charge >= 0.3 is 6.18 Å². The molecule has 168 valence electrons. The number of rotatable bonds is 11. The lowest BCUT2D eigenvalue weighted by Crippen LogP contribution is -2.31. The molecule has 0 aliphatic carbocycles. The lowest BCUT2D eigenvalue weighted by molar-refractivity contribution is -0.137. The van der Waals surface area contributed by atoms with Crippen LogP contribution in [-0.2, 0) is 15.8 Å². The number of aliphatic imine (C=N–C) groups is 1. The van der Waals surface area contributed by atoms with Gasteiger partial charge in [0.1, 0.15) is 0 Å². The molecule has 1 aromatic carbocycles. The summed E-state index contributed by atoms with van der Waals surface area (Å²) in [7, 11) is 0. The van der Waals surface area contributed by atoms with Gasteiger partial charge in [0.05, 0.1) is 17.8 Å². The standard InChI is InChI=1S/C18H27F3N6O2S/c1-11-8-12(18(19,20)21)9-13(16(11)30-7-6-25-15(29)10-22)27-14(28)4-2-3-5-26-17(23)24/h8-9H,2-7,10,22H2,1H3,(H,25,29)(H,27,28)(H4,23,24,26). The van der Waals surface area contributed by atoms with Crippen molar-refractivity contribution in [1.82, 2.24) is 5.32 Å². The van der Waals surface area contributed by atoms with Gasteiger partial charge in [-0.1, -0.05) is 0 Å². The van der Waals surface area contributed by atoms with Crippen LogP contribution in [0.1, 0.15) is 30.4 Å². The van der Waals surface area contributed by atoms with E-state index in [4.69, 9.17) is 17.2 Å². The summed E-state index contributed by atoms with van der Waals surface area (Å²) in [5, 5.41) is 5.16. The van der Waals surface area contributed by atoms with Crippen LogP contribution < -0.4 is 27.8 Å². The third-order valence-electron chi connectivity index (χ3n) is 3.84. The Bertz CT molecular complexity index is 767. The first-order valence-electron chi connectivity index (χ1n) is 9.21. The number of anilines is 1. The van der Waals surface area contributed by atoms with Crippen LogP contribution in [0.2, 0.25) is 0 Å². The van der Waals surface area contributed by atoms with Crippen molar-refractivity contribution in [2.24, 2.45) is 22.2 Å². The number of thioether (sulfide) groups is 1. The molecule has 1 rings (SSSR count). The molecular weight excluding hydrogens is 421 g/mol. The molecule has 0 spiro atoms. The van der Waals surface area contributed by atoms with E-state index in [-0.39, 0.29) is 30.5 Å². The van der Waals surface area contributed by atoms with E-state index in [0.29, 0.717) is 42.1 Å². The molecule has 0 radical (unpaired) electrons. The molecule has 12 heteroatoms. The van der Waals surface area contributed by atoms with Crippen molar-refractivity contribution in [2.45, 2.75) is 37.3 Å². The third-order valence-corrected chi connectivity index (χ3v) is 5.08. The van der Waals surface area contributed by atoms with E-state index in [0.717, 1.165) is 12.1 Å². The third kappa shape index (κ3) is 9.35. The Morgan fingerprint density at radius 1 is 1.17 bits per heavy atom. The molecule has 0 bridgehead atoms. The predicted molar refractivity (Wildman–Crippen MR) is 112 cm³/mol. The van der Waals surface area contributed by atoms with Gasteiger partial charge in [-0.3, -0.25) is 14.6 Å². The minimum atomic E-state index is -4.54. The summed E-state index contributed by atoms with van der Waals surface area (Å²) in [4.78, 5) is 27.7. The second-order valence-electron chi connectivity index (χ2n) is 6.38. The number of amides is 2. The maximum absolute atomic E-state index is 13.2. The second kappa shape index (κ2) is 12.3. The fraction of sp³-hybridized carbons (Fsp3) is 0.500. The molecule has 0 heterocycles. The molecule has 0 aromatic heterocycles. The van der Waals surface area contributed by atoms with Crippen LogP contribution in [0.3, 0.4) is 0 Å². The van der Waals surface area contributed by atoms with Crippen molar-refractivity contribution in [3.63, 3.8) is 0 Å². The molecule has 8 N–H and O–H groups in total. The zero-order valence-corrected chi connectivity index (χ0v) is 17.5. The molecule has 0 unspecified atom stereocenters. The topological polar surface area (TPSA) is 149 Å². The molecular formula is C18H27F3N6O2S. The Kier molecular flexibility index (Phi) is 10.5. The Morgan fingerprint density at radius 2 is 1.87 bits per heavy atom. The minimum Gasteiger partial charge on any atom is -0.370 e. The van der Waals surface area contributed by atoms with Gasteiger partial charge in [-0.2, -0.15) is 13.2 Å². The van der Waals surface area contributed by atoms with Crippen LogP contribution in [0.15, 0.2) is 22.0 Å². The quantitative estimate of drug-likeness (QED) is 0.150. The number of alkyl halides is 3. The Hall–Kier alpha value is -2.47. The van der Waals surface area contributed by atoms with Gasteiger partial charge in [-0.05, 0) is 37.5 Å². The Morgan fingerprint density at radius 3 is 2.47 bits per heavy atom. The van der Waals surface area contributed by atoms with Crippen molar-refractivity contribution in [3.8, 4) is 0 Å². The summed E-state index contributed by atoms with van der Waals surface area (Å²) in [5.74, 6) is -0.367. The molecule has 0 aliphatic rings. The largest absolute Gasteiger partial charge is 0.416 e. The Balaban J connectivity index is 2.85. The second-order valence-corrected chi connectivity index (χ2v) is 7.49. The number of guanidine groups is 1. The molecule has 8 nitrogen and oxygen atoms in total. The summed E-state index contributed by atoms with van der Waals surface area (Å²) in [6.45, 7) is 2.06. The minimum absolute atomic E-state index is 0.0387. The van der Waals surface area contributed by atoms with E-state index in [2.05, 4.69) is 15.6 Å². The molecule has 0 saturated carbocycles. The lowest BCUT2D eigenvalue weighted by atomic mass is 10.1. The number of unbranched alkanes of at least 4 members (excludes halogenated alkanes) is 1. The van der Waals surface area contributed by atoms with Gasteiger partial charge in [-0.15, -0.1) is 11.8 Å². The highest BCUT2D eigenvalue weighted by Crippen LogP contribution is 2.38. The van der Waals surface area contributed by atoms with Crippen molar-refractivity contribution in [3.05, 3.63) is 23.3 Å². The first-order chi connectivity index (χ1) is 14.0.